The van der Waals surface area contributed by atoms with E-state index in [1.54, 1.807) is 20.8 Å². The van der Waals surface area contributed by atoms with Gasteiger partial charge in [0.1, 0.15) is 12.7 Å². The van der Waals surface area contributed by atoms with Gasteiger partial charge in [-0.25, -0.2) is 0 Å². The van der Waals surface area contributed by atoms with Crippen LogP contribution >= 0.6 is 0 Å². The summed E-state index contributed by atoms with van der Waals surface area (Å²) < 4.78 is 11.5. The van der Waals surface area contributed by atoms with Gasteiger partial charge in [0, 0.05) is 0 Å². The Morgan fingerprint density at radius 2 is 1.79 bits per heavy atom. The highest BCUT2D eigenvalue weighted by molar-refractivity contribution is 5.75. The van der Waals surface area contributed by atoms with Crippen LogP contribution in [0.4, 0.5) is 0 Å². The molecule has 0 saturated carbocycles. The summed E-state index contributed by atoms with van der Waals surface area (Å²) in [6, 6.07) is 9.92. The summed E-state index contributed by atoms with van der Waals surface area (Å²) in [5, 5.41) is 10.8. The molecular formula is C25H40O4. The van der Waals surface area contributed by atoms with Gasteiger partial charge in [0.25, 0.3) is 0 Å². The Labute approximate surface area is 177 Å². The molecule has 29 heavy (non-hydrogen) atoms. The quantitative estimate of drug-likeness (QED) is 0.388. The number of hydrogen-bond acceptors (Lipinski definition) is 4. The number of hydrogen-bond donors (Lipinski definition) is 1. The van der Waals surface area contributed by atoms with E-state index in [9.17, 15) is 9.90 Å². The summed E-state index contributed by atoms with van der Waals surface area (Å²) in [5.41, 5.74) is 1.83. The van der Waals surface area contributed by atoms with Gasteiger partial charge in [-0.2, -0.15) is 0 Å². The van der Waals surface area contributed by atoms with E-state index in [1.807, 2.05) is 30.3 Å². The smallest absolute Gasteiger partial charge is 0.311 e. The van der Waals surface area contributed by atoms with Crippen molar-refractivity contribution in [2.45, 2.75) is 80.1 Å². The molecule has 0 aliphatic rings. The van der Waals surface area contributed by atoms with Gasteiger partial charge in [0.2, 0.25) is 0 Å². The van der Waals surface area contributed by atoms with Gasteiger partial charge in [-0.1, -0.05) is 55.8 Å². The Morgan fingerprint density at radius 3 is 2.34 bits per heavy atom. The molecule has 0 heterocycles. The number of benzene rings is 1. The number of allylic oxidation sites excluding steroid dienone is 2. The summed E-state index contributed by atoms with van der Waals surface area (Å²) >= 11 is 0. The van der Waals surface area contributed by atoms with Crippen molar-refractivity contribution in [3.63, 3.8) is 0 Å². The van der Waals surface area contributed by atoms with Crippen LogP contribution in [0.2, 0.25) is 0 Å². The maximum absolute atomic E-state index is 12.1. The number of esters is 1. The lowest BCUT2D eigenvalue weighted by Gasteiger charge is -2.31. The van der Waals surface area contributed by atoms with Crippen LogP contribution < -0.4 is 0 Å². The normalized spacial score (nSPS) is 16.8. The molecular weight excluding hydrogens is 364 g/mol. The first-order valence-electron chi connectivity index (χ1n) is 10.7. The molecule has 0 radical (unpaired) electrons. The first-order valence-corrected chi connectivity index (χ1v) is 10.7. The van der Waals surface area contributed by atoms with Crippen LogP contribution in [0.1, 0.15) is 66.9 Å². The van der Waals surface area contributed by atoms with Gasteiger partial charge in [-0.15, -0.1) is 0 Å². The Morgan fingerprint density at radius 1 is 1.17 bits per heavy atom. The number of ether oxygens (including phenoxy) is 2. The monoisotopic (exact) mass is 404 g/mol. The van der Waals surface area contributed by atoms with Gasteiger partial charge in [-0.3, -0.25) is 4.79 Å². The molecule has 0 spiro atoms. The zero-order chi connectivity index (χ0) is 22.0. The highest BCUT2D eigenvalue weighted by Gasteiger charge is 2.30. The lowest BCUT2D eigenvalue weighted by atomic mass is 9.87. The van der Waals surface area contributed by atoms with Crippen LogP contribution in [0, 0.1) is 17.3 Å². The van der Waals surface area contributed by atoms with Crippen LogP contribution in [0.3, 0.4) is 0 Å². The second-order valence-corrected chi connectivity index (χ2v) is 9.33. The van der Waals surface area contributed by atoms with Crippen molar-refractivity contribution in [2.24, 2.45) is 17.3 Å². The molecule has 4 nitrogen and oxygen atoms in total. The Hall–Kier alpha value is -1.65. The maximum atomic E-state index is 12.1. The maximum Gasteiger partial charge on any atom is 0.311 e. The number of aliphatic hydroxyl groups is 1. The fourth-order valence-electron chi connectivity index (χ4n) is 3.41. The van der Waals surface area contributed by atoms with Crippen LogP contribution in [-0.4, -0.2) is 29.9 Å². The van der Waals surface area contributed by atoms with Crippen molar-refractivity contribution in [3.05, 3.63) is 47.5 Å². The number of aliphatic hydroxyl groups excluding tert-OH is 1. The standard InChI is InChI=1S/C25H40O4/c1-8-18(2)14-19(3)15-20(4)23(28-16-21-12-10-9-11-13-21)22(26)17-29-24(27)25(5,6)7/h8-13,19-20,22-23,26H,14-17H2,1-7H3/b18-8+/t19-,20-,22+,23+/m0/s1. The number of carbonyl (C=O) groups excluding carboxylic acids is 1. The largest absolute Gasteiger partial charge is 0.462 e. The van der Waals surface area contributed by atoms with E-state index in [1.165, 1.54) is 5.57 Å². The molecule has 0 bridgehead atoms. The van der Waals surface area contributed by atoms with Crippen LogP contribution in [0.15, 0.2) is 42.0 Å². The third kappa shape index (κ3) is 9.60. The number of carbonyl (C=O) groups is 1. The minimum Gasteiger partial charge on any atom is -0.462 e. The Balaban J connectivity index is 2.79. The van der Waals surface area contributed by atoms with Crippen molar-refractivity contribution in [1.82, 2.24) is 0 Å². The number of rotatable bonds is 11. The van der Waals surface area contributed by atoms with Crippen LogP contribution in [0.25, 0.3) is 0 Å². The summed E-state index contributed by atoms with van der Waals surface area (Å²) in [4.78, 5) is 12.1. The molecule has 1 rings (SSSR count). The zero-order valence-corrected chi connectivity index (χ0v) is 19.3. The molecule has 0 aliphatic carbocycles. The molecule has 1 aromatic carbocycles. The first kappa shape index (κ1) is 25.4. The Bertz CT molecular complexity index is 630. The van der Waals surface area contributed by atoms with E-state index < -0.39 is 17.6 Å². The van der Waals surface area contributed by atoms with Crippen molar-refractivity contribution in [3.8, 4) is 0 Å². The fourth-order valence-corrected chi connectivity index (χ4v) is 3.41. The van der Waals surface area contributed by atoms with Gasteiger partial charge in [0.15, 0.2) is 0 Å². The van der Waals surface area contributed by atoms with Crippen LogP contribution in [0.5, 0.6) is 0 Å². The molecule has 1 N–H and O–H groups in total. The molecule has 4 atom stereocenters. The molecule has 1 aromatic rings. The van der Waals surface area contributed by atoms with Crippen LogP contribution in [-0.2, 0) is 20.9 Å². The van der Waals surface area contributed by atoms with Gasteiger partial charge >= 0.3 is 5.97 Å². The average molecular weight is 405 g/mol. The molecule has 0 aromatic heterocycles. The minimum absolute atomic E-state index is 0.0534. The Kier molecular flexibility index (Phi) is 10.6. The molecule has 164 valence electrons. The summed E-state index contributed by atoms with van der Waals surface area (Å²) in [7, 11) is 0. The van der Waals surface area contributed by atoms with E-state index >= 15 is 0 Å². The first-order chi connectivity index (χ1) is 13.5. The third-order valence-electron chi connectivity index (χ3n) is 5.16. The third-order valence-corrected chi connectivity index (χ3v) is 5.16. The highest BCUT2D eigenvalue weighted by atomic mass is 16.6. The minimum atomic E-state index is -0.866. The second kappa shape index (κ2) is 12.1. The van der Waals surface area contributed by atoms with Crippen molar-refractivity contribution < 1.29 is 19.4 Å². The SMILES string of the molecule is C/C=C(\C)C[C@H](C)C[C@H](C)[C@@H](OCc1ccccc1)[C@H](O)COC(=O)C(C)(C)C. The van der Waals surface area contributed by atoms with E-state index in [4.69, 9.17) is 9.47 Å². The fraction of sp³-hybridized carbons (Fsp3) is 0.640. The second-order valence-electron chi connectivity index (χ2n) is 9.33. The average Bonchev–Trinajstić information content (AvgIpc) is 2.65. The van der Waals surface area contributed by atoms with Crippen molar-refractivity contribution in [2.75, 3.05) is 6.61 Å². The lowest BCUT2D eigenvalue weighted by Crippen LogP contribution is -2.40. The molecule has 0 saturated heterocycles. The molecule has 4 heteroatoms. The predicted octanol–water partition coefficient (Wildman–Crippen LogP) is 5.54. The van der Waals surface area contributed by atoms with Gasteiger partial charge in [-0.05, 0) is 64.9 Å². The van der Waals surface area contributed by atoms with Gasteiger partial charge < -0.3 is 14.6 Å². The zero-order valence-electron chi connectivity index (χ0n) is 19.3. The van der Waals surface area contributed by atoms with E-state index in [-0.39, 0.29) is 18.5 Å². The summed E-state index contributed by atoms with van der Waals surface area (Å²) in [5.74, 6) is 0.290. The molecule has 0 amide bonds. The molecule has 0 fully saturated rings. The topological polar surface area (TPSA) is 55.8 Å². The lowest BCUT2D eigenvalue weighted by molar-refractivity contribution is -0.161. The molecule has 0 aliphatic heterocycles. The summed E-state index contributed by atoms with van der Waals surface area (Å²) in [6.45, 7) is 14.3. The van der Waals surface area contributed by atoms with E-state index in [2.05, 4.69) is 33.8 Å². The van der Waals surface area contributed by atoms with Crippen molar-refractivity contribution >= 4 is 5.97 Å². The highest BCUT2D eigenvalue weighted by Crippen LogP contribution is 2.26. The summed E-state index contributed by atoms with van der Waals surface area (Å²) in [6.07, 6.45) is 2.83. The predicted molar refractivity (Wildman–Crippen MR) is 118 cm³/mol. The van der Waals surface area contributed by atoms with Gasteiger partial charge in [0.05, 0.1) is 18.1 Å². The van der Waals surface area contributed by atoms with E-state index in [0.29, 0.717) is 12.5 Å². The molecule has 0 unspecified atom stereocenters. The van der Waals surface area contributed by atoms with Crippen molar-refractivity contribution in [1.29, 1.82) is 0 Å². The van der Waals surface area contributed by atoms with E-state index in [0.717, 1.165) is 18.4 Å².